The van der Waals surface area contributed by atoms with E-state index in [1.54, 1.807) is 0 Å². The van der Waals surface area contributed by atoms with Gasteiger partial charge < -0.3 is 25.6 Å². The van der Waals surface area contributed by atoms with Crippen LogP contribution >= 0.6 is 11.6 Å². The number of aliphatic imine (C=N–C) groups is 2. The number of likely N-dealkylation sites (N-methyl/N-ethyl adjacent to an activating group) is 1. The van der Waals surface area contributed by atoms with Crippen molar-refractivity contribution in [3.05, 3.63) is 58.8 Å². The number of nitrogens with two attached hydrogens (primary N) is 1. The molecule has 236 valence electrons. The monoisotopic (exact) mass is 620 g/mol. The zero-order valence-electron chi connectivity index (χ0n) is 25.8. The minimum atomic E-state index is -0.785. The number of benzene rings is 1. The Kier molecular flexibility index (Phi) is 10.6. The number of halogens is 1. The SMILES string of the molecule is Cc1c(/C=N/CC(Cl)CN)n(C2CCCCC2)c2ccc(C(=O)NCCCC3=NC4C=CC(CCC(=O)O)=CC4N3C)cc12. The lowest BCUT2D eigenvalue weighted by atomic mass is 9.95. The fourth-order valence-electron chi connectivity index (χ4n) is 6.67. The molecular weight excluding hydrogens is 576 g/mol. The summed E-state index contributed by atoms with van der Waals surface area (Å²) < 4.78 is 2.43. The van der Waals surface area contributed by atoms with Gasteiger partial charge in [0, 0.05) is 61.7 Å². The largest absolute Gasteiger partial charge is 0.481 e. The summed E-state index contributed by atoms with van der Waals surface area (Å²) in [6.45, 7) is 3.53. The average Bonchev–Trinajstić information content (AvgIpc) is 3.50. The van der Waals surface area contributed by atoms with Crippen molar-refractivity contribution in [2.45, 2.75) is 88.2 Å². The van der Waals surface area contributed by atoms with E-state index in [-0.39, 0.29) is 29.8 Å². The molecule has 1 aromatic heterocycles. The second-order valence-corrected chi connectivity index (χ2v) is 12.8. The van der Waals surface area contributed by atoms with Gasteiger partial charge in [0.1, 0.15) is 5.84 Å². The molecule has 4 N–H and O–H groups in total. The molecule has 1 aliphatic heterocycles. The van der Waals surface area contributed by atoms with Crippen LogP contribution in [0.1, 0.15) is 85.4 Å². The molecule has 2 aromatic rings. The number of carbonyl (C=O) groups is 2. The summed E-state index contributed by atoms with van der Waals surface area (Å²) in [6.07, 6.45) is 16.4. The molecule has 1 aromatic carbocycles. The molecule has 9 nitrogen and oxygen atoms in total. The summed E-state index contributed by atoms with van der Waals surface area (Å²) >= 11 is 6.22. The number of aromatic nitrogens is 1. The maximum atomic E-state index is 13.2. The summed E-state index contributed by atoms with van der Waals surface area (Å²) in [4.78, 5) is 35.9. The second-order valence-electron chi connectivity index (χ2n) is 12.2. The highest BCUT2D eigenvalue weighted by molar-refractivity contribution is 6.21. The van der Waals surface area contributed by atoms with Crippen molar-refractivity contribution in [1.29, 1.82) is 0 Å². The Morgan fingerprint density at radius 3 is 2.80 bits per heavy atom. The van der Waals surface area contributed by atoms with E-state index >= 15 is 0 Å². The number of allylic oxidation sites excluding steroid dienone is 2. The van der Waals surface area contributed by atoms with Crippen molar-refractivity contribution in [3.8, 4) is 0 Å². The topological polar surface area (TPSA) is 125 Å². The molecule has 2 heterocycles. The highest BCUT2D eigenvalue weighted by Crippen LogP contribution is 2.36. The molecule has 0 bridgehead atoms. The maximum Gasteiger partial charge on any atom is 0.303 e. The fourth-order valence-corrected chi connectivity index (χ4v) is 6.75. The first kappa shape index (κ1) is 32.0. The predicted molar refractivity (Wildman–Crippen MR) is 178 cm³/mol. The molecule has 1 saturated carbocycles. The number of amidine groups is 1. The number of amides is 1. The molecule has 10 heteroatoms. The van der Waals surface area contributed by atoms with Gasteiger partial charge in [0.05, 0.1) is 29.7 Å². The lowest BCUT2D eigenvalue weighted by Crippen LogP contribution is -2.36. The lowest BCUT2D eigenvalue weighted by molar-refractivity contribution is -0.136. The Hall–Kier alpha value is -3.43. The van der Waals surface area contributed by atoms with Gasteiger partial charge >= 0.3 is 5.97 Å². The molecule has 3 aliphatic rings. The summed E-state index contributed by atoms with van der Waals surface area (Å²) in [5.74, 6) is 0.146. The van der Waals surface area contributed by atoms with Crippen LogP contribution in [0.2, 0.25) is 0 Å². The van der Waals surface area contributed by atoms with Crippen LogP contribution in [-0.4, -0.2) is 82.6 Å². The van der Waals surface area contributed by atoms with Gasteiger partial charge in [0.15, 0.2) is 0 Å². The van der Waals surface area contributed by atoms with Crippen molar-refractivity contribution in [2.24, 2.45) is 15.7 Å². The summed E-state index contributed by atoms with van der Waals surface area (Å²) in [7, 11) is 2.04. The van der Waals surface area contributed by atoms with E-state index in [9.17, 15) is 9.59 Å². The van der Waals surface area contributed by atoms with Crippen molar-refractivity contribution in [1.82, 2.24) is 14.8 Å². The quantitative estimate of drug-likeness (QED) is 0.157. The van der Waals surface area contributed by atoms with Crippen LogP contribution in [0.5, 0.6) is 0 Å². The Bertz CT molecular complexity index is 1490. The van der Waals surface area contributed by atoms with E-state index < -0.39 is 5.97 Å². The third-order valence-corrected chi connectivity index (χ3v) is 9.48. The Morgan fingerprint density at radius 2 is 2.05 bits per heavy atom. The van der Waals surface area contributed by atoms with Gasteiger partial charge in [0.2, 0.25) is 0 Å². The van der Waals surface area contributed by atoms with Crippen LogP contribution in [0.3, 0.4) is 0 Å². The Labute approximate surface area is 264 Å². The van der Waals surface area contributed by atoms with E-state index in [0.717, 1.165) is 59.3 Å². The minimum Gasteiger partial charge on any atom is -0.481 e. The van der Waals surface area contributed by atoms with Crippen LogP contribution in [0.15, 0.2) is 52.0 Å². The van der Waals surface area contributed by atoms with E-state index in [2.05, 4.69) is 44.9 Å². The standard InChI is InChI=1S/C34H45ClN6O3/c1-22-27-18-24(12-14-29(27)41(26-7-4-3-5-8-26)31(22)21-37-20-25(35)19-36)34(44)38-16-6-9-32-39-28-13-10-23(11-15-33(42)43)17-30(28)40(32)2/h10,12-14,17-18,21,25-26,28,30H,3-9,11,15-16,19-20,36H2,1-2H3,(H,38,44)(H,42,43)/b37-21+. The van der Waals surface area contributed by atoms with Gasteiger partial charge in [-0.25, -0.2) is 0 Å². The Morgan fingerprint density at radius 1 is 1.25 bits per heavy atom. The zero-order valence-corrected chi connectivity index (χ0v) is 26.6. The van der Waals surface area contributed by atoms with E-state index in [1.807, 2.05) is 31.5 Å². The van der Waals surface area contributed by atoms with Crippen LogP contribution in [-0.2, 0) is 4.79 Å². The number of nitrogens with zero attached hydrogens (tertiary/aromatic N) is 4. The van der Waals surface area contributed by atoms with Gasteiger partial charge in [-0.1, -0.05) is 37.5 Å². The van der Waals surface area contributed by atoms with Crippen molar-refractivity contribution in [2.75, 3.05) is 26.7 Å². The van der Waals surface area contributed by atoms with E-state index in [1.165, 1.54) is 19.3 Å². The molecule has 1 fully saturated rings. The number of carboxylic acids is 1. The number of aliphatic carboxylic acids is 1. The highest BCUT2D eigenvalue weighted by Gasteiger charge is 2.32. The summed E-state index contributed by atoms with van der Waals surface area (Å²) in [5, 5.41) is 13.0. The molecule has 0 spiro atoms. The molecule has 44 heavy (non-hydrogen) atoms. The first-order valence-electron chi connectivity index (χ1n) is 15.9. The third kappa shape index (κ3) is 7.26. The van der Waals surface area contributed by atoms with Gasteiger partial charge in [-0.05, 0) is 61.9 Å². The number of hydrogen-bond donors (Lipinski definition) is 3. The van der Waals surface area contributed by atoms with E-state index in [0.29, 0.717) is 37.7 Å². The Balaban J connectivity index is 1.22. The van der Waals surface area contributed by atoms with Crippen molar-refractivity contribution >= 4 is 46.4 Å². The smallest absolute Gasteiger partial charge is 0.303 e. The molecule has 1 amide bonds. The van der Waals surface area contributed by atoms with Crippen LogP contribution < -0.4 is 11.1 Å². The summed E-state index contributed by atoms with van der Waals surface area (Å²) in [5.41, 5.74) is 10.7. The van der Waals surface area contributed by atoms with Crippen LogP contribution in [0.25, 0.3) is 10.9 Å². The van der Waals surface area contributed by atoms with Gasteiger partial charge in [0.25, 0.3) is 5.91 Å². The average molecular weight is 621 g/mol. The minimum absolute atomic E-state index is 0.0565. The molecule has 0 saturated heterocycles. The molecular formula is C34H45ClN6O3. The normalized spacial score (nSPS) is 21.0. The predicted octanol–water partition coefficient (Wildman–Crippen LogP) is 5.39. The molecule has 2 aliphatic carbocycles. The van der Waals surface area contributed by atoms with Gasteiger partial charge in [-0.2, -0.15) is 0 Å². The number of nitrogens with one attached hydrogen (secondary N) is 1. The maximum absolute atomic E-state index is 13.2. The number of hydrogen-bond acceptors (Lipinski definition) is 6. The number of aryl methyl sites for hydroxylation is 1. The first-order valence-corrected chi connectivity index (χ1v) is 16.4. The zero-order chi connectivity index (χ0) is 31.2. The molecule has 0 radical (unpaired) electrons. The van der Waals surface area contributed by atoms with Crippen LogP contribution in [0, 0.1) is 6.92 Å². The van der Waals surface area contributed by atoms with Crippen molar-refractivity contribution < 1.29 is 14.7 Å². The number of carboxylic acid groups (broad SMARTS) is 1. The number of fused-ring (bicyclic) bond motifs is 2. The number of carbonyl (C=O) groups excluding carboxylic acids is 1. The second kappa shape index (κ2) is 14.6. The number of alkyl halides is 1. The molecule has 3 atom stereocenters. The summed E-state index contributed by atoms with van der Waals surface area (Å²) in [6, 6.07) is 6.63. The van der Waals surface area contributed by atoms with Gasteiger partial charge in [-0.15, -0.1) is 11.6 Å². The van der Waals surface area contributed by atoms with Crippen LogP contribution in [0.4, 0.5) is 0 Å². The number of rotatable bonds is 13. The van der Waals surface area contributed by atoms with Gasteiger partial charge in [-0.3, -0.25) is 19.6 Å². The van der Waals surface area contributed by atoms with E-state index in [4.69, 9.17) is 27.4 Å². The molecule has 3 unspecified atom stereocenters. The fraction of sp³-hybridized carbons (Fsp3) is 0.529. The third-order valence-electron chi connectivity index (χ3n) is 9.16. The molecule has 5 rings (SSSR count). The lowest BCUT2D eigenvalue weighted by Gasteiger charge is -2.26. The van der Waals surface area contributed by atoms with Crippen molar-refractivity contribution in [3.63, 3.8) is 0 Å². The first-order chi connectivity index (χ1) is 21.3. The highest BCUT2D eigenvalue weighted by atomic mass is 35.5.